The Bertz CT molecular complexity index is 135. The van der Waals surface area contributed by atoms with Crippen molar-refractivity contribution in [1.82, 2.24) is 5.32 Å². The van der Waals surface area contributed by atoms with E-state index in [-0.39, 0.29) is 6.04 Å². The van der Waals surface area contributed by atoms with Crippen LogP contribution in [0.3, 0.4) is 0 Å². The summed E-state index contributed by atoms with van der Waals surface area (Å²) in [6, 6.07) is 0.283. The molecule has 1 nitrogen and oxygen atoms in total. The zero-order valence-corrected chi connectivity index (χ0v) is 9.10. The molecule has 1 N–H and O–H groups in total. The second-order valence-corrected chi connectivity index (χ2v) is 3.56. The van der Waals surface area contributed by atoms with Gasteiger partial charge in [0.05, 0.1) is 6.04 Å². The van der Waals surface area contributed by atoms with Crippen LogP contribution in [0, 0.1) is 12.3 Å². The van der Waals surface area contributed by atoms with E-state index in [0.717, 1.165) is 6.42 Å². The first-order valence-electron chi connectivity index (χ1n) is 5.48. The Labute approximate surface area is 83.3 Å². The molecule has 0 rings (SSSR count). The van der Waals surface area contributed by atoms with Gasteiger partial charge < -0.3 is 5.32 Å². The largest absolute Gasteiger partial charge is 0.307 e. The maximum atomic E-state index is 5.33. The lowest BCUT2D eigenvalue weighted by atomic mass is 10.1. The highest BCUT2D eigenvalue weighted by molar-refractivity contribution is 4.97. The summed E-state index contributed by atoms with van der Waals surface area (Å²) in [4.78, 5) is 0. The normalized spacial score (nSPS) is 12.4. The van der Waals surface area contributed by atoms with Crippen molar-refractivity contribution < 1.29 is 0 Å². The van der Waals surface area contributed by atoms with E-state index in [4.69, 9.17) is 6.42 Å². The van der Waals surface area contributed by atoms with Crippen LogP contribution in [-0.2, 0) is 0 Å². The molecule has 0 aliphatic carbocycles. The van der Waals surface area contributed by atoms with Crippen molar-refractivity contribution in [2.45, 2.75) is 57.9 Å². The SMILES string of the molecule is C#CC(CCCCCCCC)NC. The van der Waals surface area contributed by atoms with Gasteiger partial charge in [0.1, 0.15) is 0 Å². The highest BCUT2D eigenvalue weighted by Gasteiger charge is 1.99. The summed E-state index contributed by atoms with van der Waals surface area (Å²) in [5, 5.41) is 3.12. The van der Waals surface area contributed by atoms with Crippen LogP contribution in [-0.4, -0.2) is 13.1 Å². The van der Waals surface area contributed by atoms with Crippen molar-refractivity contribution in [3.05, 3.63) is 0 Å². The van der Waals surface area contributed by atoms with Crippen LogP contribution < -0.4 is 5.32 Å². The van der Waals surface area contributed by atoms with E-state index in [1.807, 2.05) is 7.05 Å². The van der Waals surface area contributed by atoms with E-state index >= 15 is 0 Å². The Hall–Kier alpha value is -0.480. The summed E-state index contributed by atoms with van der Waals surface area (Å²) in [5.41, 5.74) is 0. The van der Waals surface area contributed by atoms with Gasteiger partial charge in [0.2, 0.25) is 0 Å². The number of nitrogens with one attached hydrogen (secondary N) is 1. The monoisotopic (exact) mass is 181 g/mol. The minimum absolute atomic E-state index is 0.283. The summed E-state index contributed by atoms with van der Waals surface area (Å²) in [6.45, 7) is 2.25. The van der Waals surface area contributed by atoms with Crippen molar-refractivity contribution in [2.24, 2.45) is 0 Å². The Morgan fingerprint density at radius 3 is 2.31 bits per heavy atom. The van der Waals surface area contributed by atoms with Crippen molar-refractivity contribution in [3.63, 3.8) is 0 Å². The Balaban J connectivity index is 3.11. The van der Waals surface area contributed by atoms with Gasteiger partial charge in [-0.1, -0.05) is 51.4 Å². The third kappa shape index (κ3) is 7.87. The number of hydrogen-bond acceptors (Lipinski definition) is 1. The minimum atomic E-state index is 0.283. The molecular formula is C12H23N. The molecule has 0 aromatic heterocycles. The number of hydrogen-bond donors (Lipinski definition) is 1. The molecule has 1 atom stereocenters. The molecule has 0 radical (unpaired) electrons. The Kier molecular flexibility index (Phi) is 9.25. The molecule has 1 unspecified atom stereocenters. The molecule has 0 aliphatic rings. The van der Waals surface area contributed by atoms with Crippen molar-refractivity contribution in [3.8, 4) is 12.3 Å². The van der Waals surface area contributed by atoms with Crippen molar-refractivity contribution >= 4 is 0 Å². The fraction of sp³-hybridized carbons (Fsp3) is 0.833. The molecule has 0 saturated heterocycles. The molecule has 0 aromatic carbocycles. The average Bonchev–Trinajstić information content (AvgIpc) is 2.17. The van der Waals surface area contributed by atoms with Gasteiger partial charge >= 0.3 is 0 Å². The van der Waals surface area contributed by atoms with Crippen molar-refractivity contribution in [1.29, 1.82) is 0 Å². The molecule has 0 aromatic rings. The minimum Gasteiger partial charge on any atom is -0.307 e. The predicted octanol–water partition coefficient (Wildman–Crippen LogP) is 2.96. The van der Waals surface area contributed by atoms with Crippen LogP contribution in [0.4, 0.5) is 0 Å². The summed E-state index contributed by atoms with van der Waals surface area (Å²) in [6.07, 6.45) is 14.5. The molecule has 1 heteroatoms. The second-order valence-electron chi connectivity index (χ2n) is 3.56. The van der Waals surface area contributed by atoms with Crippen molar-refractivity contribution in [2.75, 3.05) is 7.05 Å². The maximum absolute atomic E-state index is 5.33. The zero-order valence-electron chi connectivity index (χ0n) is 9.10. The molecule has 0 fully saturated rings. The van der Waals surface area contributed by atoms with Gasteiger partial charge in [-0.05, 0) is 13.5 Å². The molecule has 0 spiro atoms. The summed E-state index contributed by atoms with van der Waals surface area (Å²) >= 11 is 0. The smallest absolute Gasteiger partial charge is 0.0684 e. The van der Waals surface area contributed by atoms with Gasteiger partial charge in [-0.3, -0.25) is 0 Å². The van der Waals surface area contributed by atoms with Gasteiger partial charge in [0.15, 0.2) is 0 Å². The van der Waals surface area contributed by atoms with E-state index in [1.54, 1.807) is 0 Å². The fourth-order valence-electron chi connectivity index (χ4n) is 1.44. The van der Waals surface area contributed by atoms with Gasteiger partial charge in [0, 0.05) is 0 Å². The Morgan fingerprint density at radius 1 is 1.15 bits per heavy atom. The van der Waals surface area contributed by atoms with E-state index in [0.29, 0.717) is 0 Å². The zero-order chi connectivity index (χ0) is 9.94. The van der Waals surface area contributed by atoms with Gasteiger partial charge in [0.25, 0.3) is 0 Å². The van der Waals surface area contributed by atoms with Crippen LogP contribution >= 0.6 is 0 Å². The van der Waals surface area contributed by atoms with Gasteiger partial charge in [-0.15, -0.1) is 6.42 Å². The predicted molar refractivity (Wildman–Crippen MR) is 59.7 cm³/mol. The molecule has 0 bridgehead atoms. The first-order chi connectivity index (χ1) is 6.35. The van der Waals surface area contributed by atoms with Crippen LogP contribution in [0.2, 0.25) is 0 Å². The standard InChI is InChI=1S/C12H23N/c1-4-6-7-8-9-10-11-12(5-2)13-3/h2,12-13H,4,6-11H2,1,3H3. The third-order valence-corrected chi connectivity index (χ3v) is 2.40. The molecule has 0 heterocycles. The number of terminal acetylenes is 1. The summed E-state index contributed by atoms with van der Waals surface area (Å²) in [5.74, 6) is 2.74. The molecule has 0 amide bonds. The maximum Gasteiger partial charge on any atom is 0.0684 e. The van der Waals surface area contributed by atoms with E-state index in [1.165, 1.54) is 38.5 Å². The lowest BCUT2D eigenvalue weighted by Crippen LogP contribution is -2.22. The average molecular weight is 181 g/mol. The first kappa shape index (κ1) is 12.5. The second kappa shape index (κ2) is 9.61. The number of rotatable bonds is 8. The van der Waals surface area contributed by atoms with Crippen LogP contribution in [0.25, 0.3) is 0 Å². The molecule has 76 valence electrons. The molecular weight excluding hydrogens is 158 g/mol. The first-order valence-corrected chi connectivity index (χ1v) is 5.48. The summed E-state index contributed by atoms with van der Waals surface area (Å²) in [7, 11) is 1.93. The third-order valence-electron chi connectivity index (χ3n) is 2.40. The number of unbranched alkanes of at least 4 members (excludes halogenated alkanes) is 5. The van der Waals surface area contributed by atoms with E-state index < -0.39 is 0 Å². The van der Waals surface area contributed by atoms with E-state index in [2.05, 4.69) is 18.2 Å². The summed E-state index contributed by atoms with van der Waals surface area (Å²) < 4.78 is 0. The van der Waals surface area contributed by atoms with E-state index in [9.17, 15) is 0 Å². The Morgan fingerprint density at radius 2 is 1.77 bits per heavy atom. The lowest BCUT2D eigenvalue weighted by molar-refractivity contribution is 0.545. The highest BCUT2D eigenvalue weighted by Crippen LogP contribution is 2.08. The van der Waals surface area contributed by atoms with Gasteiger partial charge in [-0.2, -0.15) is 0 Å². The van der Waals surface area contributed by atoms with Crippen LogP contribution in [0.15, 0.2) is 0 Å². The molecule has 0 saturated carbocycles. The fourth-order valence-corrected chi connectivity index (χ4v) is 1.44. The molecule has 13 heavy (non-hydrogen) atoms. The van der Waals surface area contributed by atoms with Gasteiger partial charge in [-0.25, -0.2) is 0 Å². The molecule has 0 aliphatic heterocycles. The van der Waals surface area contributed by atoms with Crippen LogP contribution in [0.1, 0.15) is 51.9 Å². The topological polar surface area (TPSA) is 12.0 Å². The highest BCUT2D eigenvalue weighted by atomic mass is 14.8. The quantitative estimate of drug-likeness (QED) is 0.448. The lowest BCUT2D eigenvalue weighted by Gasteiger charge is -2.08. The van der Waals surface area contributed by atoms with Crippen LogP contribution in [0.5, 0.6) is 0 Å².